The van der Waals surface area contributed by atoms with Crippen LogP contribution in [0.5, 0.6) is 0 Å². The van der Waals surface area contributed by atoms with Crippen LogP contribution in [0.2, 0.25) is 0 Å². The van der Waals surface area contributed by atoms with Crippen LogP contribution in [0.25, 0.3) is 0 Å². The van der Waals surface area contributed by atoms with Gasteiger partial charge in [-0.1, -0.05) is 19.1 Å². The smallest absolute Gasteiger partial charge is 0.255 e. The average molecular weight is 405 g/mol. The van der Waals surface area contributed by atoms with E-state index in [0.29, 0.717) is 11.5 Å². The Labute approximate surface area is 179 Å². The van der Waals surface area contributed by atoms with Crippen LogP contribution in [0.1, 0.15) is 72.6 Å². The molecule has 1 fully saturated rings. The fourth-order valence-corrected chi connectivity index (χ4v) is 5.72. The first kappa shape index (κ1) is 20.8. The molecule has 4 nitrogen and oxygen atoms in total. The second kappa shape index (κ2) is 7.99. The average Bonchev–Trinajstić information content (AvgIpc) is 2.91. The lowest BCUT2D eigenvalue weighted by Gasteiger charge is -2.49. The molecule has 1 aromatic heterocycles. The van der Waals surface area contributed by atoms with Gasteiger partial charge in [0.1, 0.15) is 0 Å². The molecule has 0 radical (unpaired) electrons. The largest absolute Gasteiger partial charge is 0.386 e. The normalized spacial score (nSPS) is 28.0. The monoisotopic (exact) mass is 404 g/mol. The van der Waals surface area contributed by atoms with Crippen LogP contribution in [-0.2, 0) is 11.8 Å². The van der Waals surface area contributed by atoms with Crippen LogP contribution in [0.4, 0.5) is 5.69 Å². The van der Waals surface area contributed by atoms with Crippen molar-refractivity contribution in [1.29, 1.82) is 0 Å². The SMILES string of the molecule is C=C[C@@]1(O)CC[C@@]2(CC)c3ccc(C(=O)Nc4cccnc4C)cc3CCC[C@H]2C1. The zero-order chi connectivity index (χ0) is 21.4. The molecule has 2 N–H and O–H groups in total. The molecule has 158 valence electrons. The molecule has 2 aliphatic rings. The van der Waals surface area contributed by atoms with Crippen LogP contribution in [0.15, 0.2) is 49.2 Å². The van der Waals surface area contributed by atoms with E-state index < -0.39 is 5.60 Å². The number of carbonyl (C=O) groups is 1. The number of aromatic nitrogens is 1. The van der Waals surface area contributed by atoms with Gasteiger partial charge in [0, 0.05) is 11.8 Å². The van der Waals surface area contributed by atoms with Gasteiger partial charge in [-0.3, -0.25) is 9.78 Å². The summed E-state index contributed by atoms with van der Waals surface area (Å²) >= 11 is 0. The zero-order valence-electron chi connectivity index (χ0n) is 18.1. The van der Waals surface area contributed by atoms with Gasteiger partial charge in [-0.2, -0.15) is 0 Å². The standard InChI is InChI=1S/C26H32N2O2/c1-4-25(30)13-14-26(5-2)21(17-25)9-6-8-19-16-20(11-12-22(19)26)24(29)28-23-10-7-15-27-18(23)3/h4,7,10-12,15-16,21,30H,1,5-6,8-9,13-14,17H2,2-3H3,(H,28,29)/t21-,25+,26+/m0/s1. The van der Waals surface area contributed by atoms with Crippen molar-refractivity contribution in [3.05, 3.63) is 71.6 Å². The van der Waals surface area contributed by atoms with Gasteiger partial charge >= 0.3 is 0 Å². The summed E-state index contributed by atoms with van der Waals surface area (Å²) in [6.07, 6.45) is 10.2. The summed E-state index contributed by atoms with van der Waals surface area (Å²) in [4.78, 5) is 17.2. The van der Waals surface area contributed by atoms with Crippen molar-refractivity contribution in [1.82, 2.24) is 4.98 Å². The van der Waals surface area contributed by atoms with Gasteiger partial charge in [-0.15, -0.1) is 6.58 Å². The summed E-state index contributed by atoms with van der Waals surface area (Å²) in [7, 11) is 0. The van der Waals surface area contributed by atoms with Crippen LogP contribution in [-0.4, -0.2) is 21.6 Å². The van der Waals surface area contributed by atoms with Gasteiger partial charge in [0.15, 0.2) is 0 Å². The van der Waals surface area contributed by atoms with Crippen molar-refractivity contribution >= 4 is 11.6 Å². The predicted molar refractivity (Wildman–Crippen MR) is 121 cm³/mol. The Morgan fingerprint density at radius 3 is 2.93 bits per heavy atom. The highest BCUT2D eigenvalue weighted by Gasteiger charge is 2.48. The van der Waals surface area contributed by atoms with E-state index in [1.165, 1.54) is 11.1 Å². The van der Waals surface area contributed by atoms with E-state index in [1.54, 1.807) is 12.3 Å². The molecular weight excluding hydrogens is 372 g/mol. The topological polar surface area (TPSA) is 62.2 Å². The van der Waals surface area contributed by atoms with Crippen LogP contribution < -0.4 is 5.32 Å². The van der Waals surface area contributed by atoms with Crippen molar-refractivity contribution in [2.75, 3.05) is 5.32 Å². The number of fused-ring (bicyclic) bond motifs is 3. The first-order valence-electron chi connectivity index (χ1n) is 11.1. The maximum atomic E-state index is 12.9. The van der Waals surface area contributed by atoms with Crippen LogP contribution >= 0.6 is 0 Å². The van der Waals surface area contributed by atoms with E-state index in [2.05, 4.69) is 35.9 Å². The quantitative estimate of drug-likeness (QED) is 0.676. The minimum Gasteiger partial charge on any atom is -0.386 e. The molecule has 3 atom stereocenters. The Balaban J connectivity index is 1.66. The number of carbonyl (C=O) groups excluding carboxylic acids is 1. The lowest BCUT2D eigenvalue weighted by Crippen LogP contribution is -2.46. The molecule has 1 saturated carbocycles. The van der Waals surface area contributed by atoms with Crippen molar-refractivity contribution in [2.24, 2.45) is 5.92 Å². The molecule has 0 saturated heterocycles. The van der Waals surface area contributed by atoms with Crippen molar-refractivity contribution in [2.45, 2.75) is 69.8 Å². The fraction of sp³-hybridized carbons (Fsp3) is 0.462. The summed E-state index contributed by atoms with van der Waals surface area (Å²) in [6, 6.07) is 9.94. The van der Waals surface area contributed by atoms with Gasteiger partial charge in [0.2, 0.25) is 0 Å². The second-order valence-corrected chi connectivity index (χ2v) is 9.07. The summed E-state index contributed by atoms with van der Waals surface area (Å²) in [5.41, 5.74) is 4.27. The molecule has 30 heavy (non-hydrogen) atoms. The molecule has 4 heteroatoms. The maximum Gasteiger partial charge on any atom is 0.255 e. The van der Waals surface area contributed by atoms with E-state index in [0.717, 1.165) is 56.3 Å². The third-order valence-electron chi connectivity index (χ3n) is 7.55. The number of amides is 1. The van der Waals surface area contributed by atoms with Gasteiger partial charge < -0.3 is 10.4 Å². The summed E-state index contributed by atoms with van der Waals surface area (Å²) < 4.78 is 0. The van der Waals surface area contributed by atoms with Crippen molar-refractivity contribution in [3.8, 4) is 0 Å². The number of pyridine rings is 1. The molecule has 1 heterocycles. The third-order valence-corrected chi connectivity index (χ3v) is 7.55. The van der Waals surface area contributed by atoms with Gasteiger partial charge in [0.05, 0.1) is 17.0 Å². The zero-order valence-corrected chi connectivity index (χ0v) is 18.1. The number of anilines is 1. The van der Waals surface area contributed by atoms with Gasteiger partial charge in [-0.25, -0.2) is 0 Å². The molecule has 2 aromatic rings. The number of nitrogens with one attached hydrogen (secondary N) is 1. The summed E-state index contributed by atoms with van der Waals surface area (Å²) in [6.45, 7) is 8.05. The van der Waals surface area contributed by atoms with Gasteiger partial charge in [-0.05, 0) is 98.6 Å². The Morgan fingerprint density at radius 2 is 2.20 bits per heavy atom. The third kappa shape index (κ3) is 3.58. The van der Waals surface area contributed by atoms with E-state index in [4.69, 9.17) is 0 Å². The molecule has 1 aromatic carbocycles. The Morgan fingerprint density at radius 1 is 1.37 bits per heavy atom. The molecule has 0 aliphatic heterocycles. The molecule has 0 spiro atoms. The molecule has 1 amide bonds. The number of benzene rings is 1. The molecule has 0 bridgehead atoms. The van der Waals surface area contributed by atoms with E-state index >= 15 is 0 Å². The summed E-state index contributed by atoms with van der Waals surface area (Å²) in [5.74, 6) is 0.350. The highest BCUT2D eigenvalue weighted by molar-refractivity contribution is 6.04. The number of aryl methyl sites for hydroxylation is 2. The lowest BCUT2D eigenvalue weighted by molar-refractivity contribution is -0.0117. The number of nitrogens with zero attached hydrogens (tertiary/aromatic N) is 1. The Kier molecular flexibility index (Phi) is 5.54. The maximum absolute atomic E-state index is 12.9. The molecule has 4 rings (SSSR count). The number of hydrogen-bond donors (Lipinski definition) is 2. The number of aliphatic hydroxyl groups is 1. The van der Waals surface area contributed by atoms with Crippen molar-refractivity contribution < 1.29 is 9.90 Å². The highest BCUT2D eigenvalue weighted by Crippen LogP contribution is 2.53. The molecule has 2 aliphatic carbocycles. The molecule has 0 unspecified atom stereocenters. The Hall–Kier alpha value is -2.46. The van der Waals surface area contributed by atoms with E-state index in [1.807, 2.05) is 25.1 Å². The lowest BCUT2D eigenvalue weighted by atomic mass is 9.57. The van der Waals surface area contributed by atoms with E-state index in [-0.39, 0.29) is 11.3 Å². The first-order chi connectivity index (χ1) is 14.4. The minimum absolute atomic E-state index is 0.0794. The summed E-state index contributed by atoms with van der Waals surface area (Å²) in [5, 5.41) is 13.9. The van der Waals surface area contributed by atoms with Crippen molar-refractivity contribution in [3.63, 3.8) is 0 Å². The highest BCUT2D eigenvalue weighted by atomic mass is 16.3. The van der Waals surface area contributed by atoms with Gasteiger partial charge in [0.25, 0.3) is 5.91 Å². The fourth-order valence-electron chi connectivity index (χ4n) is 5.72. The predicted octanol–water partition coefficient (Wildman–Crippen LogP) is 5.34. The Bertz CT molecular complexity index is 969. The number of hydrogen-bond acceptors (Lipinski definition) is 3. The van der Waals surface area contributed by atoms with Crippen LogP contribution in [0.3, 0.4) is 0 Å². The van der Waals surface area contributed by atoms with E-state index in [9.17, 15) is 9.90 Å². The number of rotatable bonds is 4. The second-order valence-electron chi connectivity index (χ2n) is 9.07. The van der Waals surface area contributed by atoms with Crippen LogP contribution in [0, 0.1) is 12.8 Å². The first-order valence-corrected chi connectivity index (χ1v) is 11.1. The minimum atomic E-state index is -0.741. The molecular formula is C26H32N2O2.